The minimum Gasteiger partial charge on any atom is -0.490 e. The number of hydrogen-bond acceptors (Lipinski definition) is 5. The first-order chi connectivity index (χ1) is 12.8. The highest BCUT2D eigenvalue weighted by atomic mass is 32.1. The molecule has 0 spiro atoms. The molecule has 1 aliphatic heterocycles. The van der Waals surface area contributed by atoms with Gasteiger partial charge in [-0.05, 0) is 19.1 Å². The van der Waals surface area contributed by atoms with Gasteiger partial charge in [0, 0.05) is 37.4 Å². The summed E-state index contributed by atoms with van der Waals surface area (Å²) in [6, 6.07) is 5.22. The fourth-order valence-electron chi connectivity index (χ4n) is 2.70. The van der Waals surface area contributed by atoms with Crippen LogP contribution in [0.1, 0.15) is 18.5 Å². The predicted molar refractivity (Wildman–Crippen MR) is 94.2 cm³/mol. The van der Waals surface area contributed by atoms with E-state index >= 15 is 0 Å². The average Bonchev–Trinajstić information content (AvgIpc) is 2.99. The molecule has 0 radical (unpaired) electrons. The van der Waals surface area contributed by atoms with Crippen molar-refractivity contribution in [1.29, 1.82) is 0 Å². The van der Waals surface area contributed by atoms with E-state index in [0.717, 1.165) is 5.69 Å². The molecule has 0 unspecified atom stereocenters. The molecule has 1 saturated heterocycles. The van der Waals surface area contributed by atoms with E-state index < -0.39 is 6.36 Å². The van der Waals surface area contributed by atoms with E-state index in [1.807, 2.05) is 12.3 Å². The summed E-state index contributed by atoms with van der Waals surface area (Å²) in [6.45, 7) is 2.82. The van der Waals surface area contributed by atoms with Crippen LogP contribution in [0.4, 0.5) is 23.1 Å². The maximum absolute atomic E-state index is 12.3. The van der Waals surface area contributed by atoms with Crippen molar-refractivity contribution in [2.24, 2.45) is 0 Å². The zero-order valence-electron chi connectivity index (χ0n) is 14.5. The van der Waals surface area contributed by atoms with E-state index in [1.54, 1.807) is 11.0 Å². The number of hydrogen-bond donors (Lipinski definition) is 1. The molecule has 0 aliphatic carbocycles. The Labute approximate surface area is 157 Å². The Kier molecular flexibility index (Phi) is 5.73. The number of nitrogens with zero attached hydrogens (tertiary/aromatic N) is 2. The third-order valence-corrected chi connectivity index (χ3v) is 4.78. The van der Waals surface area contributed by atoms with E-state index in [2.05, 4.69) is 15.0 Å². The van der Waals surface area contributed by atoms with Gasteiger partial charge in [-0.15, -0.1) is 24.5 Å². The number of urea groups is 1. The fraction of sp³-hybridized carbons (Fsp3) is 0.412. The molecule has 2 amide bonds. The van der Waals surface area contributed by atoms with Crippen LogP contribution < -0.4 is 14.8 Å². The molecule has 2 aromatic rings. The van der Waals surface area contributed by atoms with E-state index in [4.69, 9.17) is 4.74 Å². The van der Waals surface area contributed by atoms with Crippen molar-refractivity contribution < 1.29 is 27.4 Å². The lowest BCUT2D eigenvalue weighted by atomic mass is 10.1. The van der Waals surface area contributed by atoms with Gasteiger partial charge in [-0.25, -0.2) is 9.78 Å². The third-order valence-electron chi connectivity index (χ3n) is 3.90. The van der Waals surface area contributed by atoms with E-state index in [9.17, 15) is 18.0 Å². The van der Waals surface area contributed by atoms with Gasteiger partial charge in [0.2, 0.25) is 0 Å². The topological polar surface area (TPSA) is 63.7 Å². The number of nitrogens with one attached hydrogen (secondary N) is 1. The van der Waals surface area contributed by atoms with Gasteiger partial charge in [0.25, 0.3) is 0 Å². The molecule has 3 rings (SSSR count). The zero-order chi connectivity index (χ0) is 19.4. The van der Waals surface area contributed by atoms with Crippen molar-refractivity contribution in [2.45, 2.75) is 32.2 Å². The van der Waals surface area contributed by atoms with Crippen LogP contribution in [0, 0.1) is 6.92 Å². The molecule has 146 valence electrons. The lowest BCUT2D eigenvalue weighted by molar-refractivity contribution is -0.274. The lowest BCUT2D eigenvalue weighted by Gasteiger charge is -2.32. The molecule has 27 heavy (non-hydrogen) atoms. The average molecular weight is 401 g/mol. The van der Waals surface area contributed by atoms with Gasteiger partial charge < -0.3 is 14.4 Å². The molecule has 1 aromatic carbocycles. The quantitative estimate of drug-likeness (QED) is 0.824. The second kappa shape index (κ2) is 8.03. The summed E-state index contributed by atoms with van der Waals surface area (Å²) >= 11 is 1.36. The van der Waals surface area contributed by atoms with Crippen molar-refractivity contribution in [1.82, 2.24) is 9.88 Å². The van der Waals surface area contributed by atoms with Crippen LogP contribution in [0.25, 0.3) is 0 Å². The summed E-state index contributed by atoms with van der Waals surface area (Å²) in [6.07, 6.45) is -3.77. The van der Waals surface area contributed by atoms with Gasteiger partial charge in [0.05, 0.1) is 5.69 Å². The second-order valence-corrected chi connectivity index (χ2v) is 6.91. The zero-order valence-corrected chi connectivity index (χ0v) is 15.3. The first-order valence-corrected chi connectivity index (χ1v) is 9.17. The summed E-state index contributed by atoms with van der Waals surface area (Å²) in [4.78, 5) is 18.1. The van der Waals surface area contributed by atoms with Crippen LogP contribution >= 0.6 is 11.3 Å². The molecule has 6 nitrogen and oxygen atoms in total. The highest BCUT2D eigenvalue weighted by molar-refractivity contribution is 7.13. The number of likely N-dealkylation sites (tertiary alicyclic amines) is 1. The number of carbonyl (C=O) groups excluding carboxylic acids is 1. The second-order valence-electron chi connectivity index (χ2n) is 6.05. The normalized spacial score (nSPS) is 15.5. The Morgan fingerprint density at radius 2 is 2.00 bits per heavy atom. The number of amides is 2. The Hall–Kier alpha value is -2.49. The predicted octanol–water partition coefficient (Wildman–Crippen LogP) is 4.43. The lowest BCUT2D eigenvalue weighted by Crippen LogP contribution is -2.43. The summed E-state index contributed by atoms with van der Waals surface area (Å²) in [5.41, 5.74) is 0.846. The van der Waals surface area contributed by atoms with Crippen molar-refractivity contribution in [2.75, 3.05) is 18.4 Å². The molecular weight excluding hydrogens is 383 g/mol. The van der Waals surface area contributed by atoms with Crippen LogP contribution in [-0.2, 0) is 0 Å². The monoisotopic (exact) mass is 401 g/mol. The maximum Gasteiger partial charge on any atom is 0.573 e. The van der Waals surface area contributed by atoms with Gasteiger partial charge in [-0.1, -0.05) is 6.07 Å². The summed E-state index contributed by atoms with van der Waals surface area (Å²) in [5, 5.41) is 5.16. The number of ether oxygens (including phenoxy) is 2. The Bertz CT molecular complexity index is 789. The van der Waals surface area contributed by atoms with Crippen LogP contribution in [0.2, 0.25) is 0 Å². The minimum atomic E-state index is -4.74. The van der Waals surface area contributed by atoms with Gasteiger partial charge in [-0.2, -0.15) is 0 Å². The molecule has 1 aliphatic rings. The number of piperidine rings is 1. The van der Waals surface area contributed by atoms with Gasteiger partial charge >= 0.3 is 12.4 Å². The molecule has 0 bridgehead atoms. The van der Waals surface area contributed by atoms with E-state index in [1.165, 1.54) is 29.5 Å². The van der Waals surface area contributed by atoms with Gasteiger partial charge in [0.15, 0.2) is 5.13 Å². The number of thiazole rings is 1. The van der Waals surface area contributed by atoms with Crippen molar-refractivity contribution >= 4 is 22.5 Å². The SMILES string of the molecule is Cc1csc(NC(=O)N2CCC(Oc3cccc(OC(F)(F)F)c3)CC2)n1. The summed E-state index contributed by atoms with van der Waals surface area (Å²) in [5.74, 6) is -0.0199. The smallest absolute Gasteiger partial charge is 0.490 e. The van der Waals surface area contributed by atoms with Gasteiger partial charge in [0.1, 0.15) is 17.6 Å². The molecule has 1 aromatic heterocycles. The van der Waals surface area contributed by atoms with Crippen molar-refractivity contribution in [3.63, 3.8) is 0 Å². The molecule has 0 atom stereocenters. The highest BCUT2D eigenvalue weighted by Gasteiger charge is 2.31. The Morgan fingerprint density at radius 1 is 1.30 bits per heavy atom. The number of aryl methyl sites for hydroxylation is 1. The number of alkyl halides is 3. The number of halogens is 3. The number of carbonyl (C=O) groups is 1. The molecule has 1 N–H and O–H groups in total. The first kappa shape index (κ1) is 19.3. The molecule has 1 fully saturated rings. The number of anilines is 1. The van der Waals surface area contributed by atoms with E-state index in [0.29, 0.717) is 36.8 Å². The van der Waals surface area contributed by atoms with Gasteiger partial charge in [-0.3, -0.25) is 5.32 Å². The largest absolute Gasteiger partial charge is 0.573 e. The minimum absolute atomic E-state index is 0.183. The number of rotatable bonds is 4. The van der Waals surface area contributed by atoms with E-state index in [-0.39, 0.29) is 17.9 Å². The van der Waals surface area contributed by atoms with Crippen LogP contribution in [-0.4, -0.2) is 41.5 Å². The molecule has 0 saturated carbocycles. The molecular formula is C17H18F3N3O3S. The van der Waals surface area contributed by atoms with Crippen LogP contribution in [0.3, 0.4) is 0 Å². The van der Waals surface area contributed by atoms with Crippen LogP contribution in [0.15, 0.2) is 29.6 Å². The summed E-state index contributed by atoms with van der Waals surface area (Å²) in [7, 11) is 0. The van der Waals surface area contributed by atoms with Crippen LogP contribution in [0.5, 0.6) is 11.5 Å². The number of aromatic nitrogens is 1. The fourth-order valence-corrected chi connectivity index (χ4v) is 3.37. The number of benzene rings is 1. The summed E-state index contributed by atoms with van der Waals surface area (Å²) < 4.78 is 46.5. The Morgan fingerprint density at radius 3 is 2.63 bits per heavy atom. The standard InChI is InChI=1S/C17H18F3N3O3S/c1-11-10-27-15(21-11)22-16(24)23-7-5-12(6-8-23)25-13-3-2-4-14(9-13)26-17(18,19)20/h2-4,9-10,12H,5-8H2,1H3,(H,21,22,24). The van der Waals surface area contributed by atoms with Crippen molar-refractivity contribution in [3.05, 3.63) is 35.3 Å². The maximum atomic E-state index is 12.3. The third kappa shape index (κ3) is 5.75. The molecule has 2 heterocycles. The first-order valence-electron chi connectivity index (χ1n) is 8.29. The Balaban J connectivity index is 1.49. The molecule has 10 heteroatoms. The van der Waals surface area contributed by atoms with Crippen molar-refractivity contribution in [3.8, 4) is 11.5 Å². The highest BCUT2D eigenvalue weighted by Crippen LogP contribution is 2.28.